The molecule has 2 N–H and O–H groups in total. The number of rotatable bonds is 5. The van der Waals surface area contributed by atoms with Crippen LogP contribution in [0.4, 0.5) is 0 Å². The molecule has 4 atom stereocenters. The molecule has 0 saturated carbocycles. The summed E-state index contributed by atoms with van der Waals surface area (Å²) >= 11 is 0. The first-order valence-electron chi connectivity index (χ1n) is 7.25. The number of ether oxygens (including phenoxy) is 3. The van der Waals surface area contributed by atoms with Crippen molar-refractivity contribution in [3.05, 3.63) is 35.9 Å². The maximum atomic E-state index is 11.3. The number of esters is 1. The van der Waals surface area contributed by atoms with E-state index in [0.29, 0.717) is 6.42 Å². The Bertz CT molecular complexity index is 495. The lowest BCUT2D eigenvalue weighted by Crippen LogP contribution is -2.58. The largest absolute Gasteiger partial charge is 0.468 e. The summed E-state index contributed by atoms with van der Waals surface area (Å²) in [6.45, 7) is 1.88. The number of nitrogens with one attached hydrogen (secondary N) is 1. The van der Waals surface area contributed by atoms with Gasteiger partial charge in [0.15, 0.2) is 6.29 Å². The zero-order valence-corrected chi connectivity index (χ0v) is 13.1. The van der Waals surface area contributed by atoms with Crippen molar-refractivity contribution in [2.24, 2.45) is 0 Å². The second-order valence-corrected chi connectivity index (χ2v) is 5.51. The summed E-state index contributed by atoms with van der Waals surface area (Å²) in [5, 5.41) is 13.6. The van der Waals surface area contributed by atoms with Crippen molar-refractivity contribution in [1.29, 1.82) is 0 Å². The van der Waals surface area contributed by atoms with Crippen LogP contribution in [0.5, 0.6) is 0 Å². The highest BCUT2D eigenvalue weighted by molar-refractivity contribution is 5.71. The average molecular weight is 309 g/mol. The lowest BCUT2D eigenvalue weighted by atomic mass is 9.83. The fourth-order valence-corrected chi connectivity index (χ4v) is 2.69. The molecule has 6 heteroatoms. The van der Waals surface area contributed by atoms with Crippen LogP contribution >= 0.6 is 0 Å². The molecular formula is C16H23NO5. The second kappa shape index (κ2) is 7.19. The highest BCUT2D eigenvalue weighted by Gasteiger charge is 2.46. The quantitative estimate of drug-likeness (QED) is 0.783. The number of hydrogen-bond donors (Lipinski definition) is 2. The molecule has 0 bridgehead atoms. The molecular weight excluding hydrogens is 286 g/mol. The van der Waals surface area contributed by atoms with Crippen molar-refractivity contribution in [1.82, 2.24) is 5.32 Å². The molecule has 0 aliphatic carbocycles. The van der Waals surface area contributed by atoms with Crippen LogP contribution in [0.15, 0.2) is 30.3 Å². The summed E-state index contributed by atoms with van der Waals surface area (Å²) in [5.41, 5.74) is 0.0294. The van der Waals surface area contributed by atoms with Gasteiger partial charge in [-0.1, -0.05) is 30.3 Å². The summed E-state index contributed by atoms with van der Waals surface area (Å²) in [5.74, 6) is -0.374. The van der Waals surface area contributed by atoms with Gasteiger partial charge < -0.3 is 19.3 Å². The van der Waals surface area contributed by atoms with Gasteiger partial charge in [0.1, 0.15) is 5.60 Å². The topological polar surface area (TPSA) is 77.0 Å². The Kier molecular flexibility index (Phi) is 5.52. The third kappa shape index (κ3) is 3.47. The summed E-state index contributed by atoms with van der Waals surface area (Å²) < 4.78 is 16.0. The Morgan fingerprint density at radius 3 is 2.68 bits per heavy atom. The van der Waals surface area contributed by atoms with Crippen LogP contribution in [0.25, 0.3) is 0 Å². The maximum Gasteiger partial charge on any atom is 0.319 e. The van der Waals surface area contributed by atoms with Gasteiger partial charge in [-0.15, -0.1) is 0 Å². The molecule has 1 fully saturated rings. The smallest absolute Gasteiger partial charge is 0.319 e. The molecule has 2 rings (SSSR count). The molecule has 0 amide bonds. The Balaban J connectivity index is 2.12. The van der Waals surface area contributed by atoms with Crippen LogP contribution < -0.4 is 5.32 Å². The van der Waals surface area contributed by atoms with Gasteiger partial charge in [0, 0.05) is 7.11 Å². The van der Waals surface area contributed by atoms with Crippen LogP contribution in [-0.2, 0) is 24.6 Å². The number of aliphatic hydroxyl groups excluding tert-OH is 1. The van der Waals surface area contributed by atoms with E-state index in [4.69, 9.17) is 9.47 Å². The van der Waals surface area contributed by atoms with E-state index < -0.39 is 18.0 Å². The van der Waals surface area contributed by atoms with Gasteiger partial charge in [-0.05, 0) is 18.9 Å². The molecule has 1 aliphatic heterocycles. The Labute approximate surface area is 130 Å². The minimum Gasteiger partial charge on any atom is -0.468 e. The minimum absolute atomic E-state index is 0.0408. The van der Waals surface area contributed by atoms with Crippen LogP contribution in [0, 0.1) is 0 Å². The van der Waals surface area contributed by atoms with E-state index in [9.17, 15) is 9.90 Å². The molecule has 22 heavy (non-hydrogen) atoms. The normalized spacial score (nSPS) is 31.7. The zero-order valence-electron chi connectivity index (χ0n) is 13.1. The molecule has 122 valence electrons. The molecule has 1 aromatic rings. The van der Waals surface area contributed by atoms with Gasteiger partial charge in [-0.3, -0.25) is 10.1 Å². The summed E-state index contributed by atoms with van der Waals surface area (Å²) in [7, 11) is 2.87. The fourth-order valence-electron chi connectivity index (χ4n) is 2.69. The highest BCUT2D eigenvalue weighted by Crippen LogP contribution is 2.37. The number of hydrogen-bond acceptors (Lipinski definition) is 6. The summed E-state index contributed by atoms with van der Waals surface area (Å²) in [6, 6.07) is 9.25. The molecule has 1 aliphatic rings. The summed E-state index contributed by atoms with van der Waals surface area (Å²) in [4.78, 5) is 11.3. The number of carbonyl (C=O) groups is 1. The van der Waals surface area contributed by atoms with Crippen molar-refractivity contribution >= 4 is 5.97 Å². The molecule has 1 saturated heterocycles. The van der Waals surface area contributed by atoms with Crippen molar-refractivity contribution in [2.75, 3.05) is 20.8 Å². The molecule has 1 aromatic carbocycles. The van der Waals surface area contributed by atoms with E-state index in [1.165, 1.54) is 7.11 Å². The number of carbonyl (C=O) groups excluding carboxylic acids is 1. The lowest BCUT2D eigenvalue weighted by Gasteiger charge is -2.46. The predicted molar refractivity (Wildman–Crippen MR) is 80.1 cm³/mol. The molecule has 1 heterocycles. The first-order valence-corrected chi connectivity index (χ1v) is 7.25. The molecule has 0 aromatic heterocycles. The van der Waals surface area contributed by atoms with Gasteiger partial charge in [0.25, 0.3) is 0 Å². The highest BCUT2D eigenvalue weighted by atomic mass is 16.7. The minimum atomic E-state index is -0.856. The van der Waals surface area contributed by atoms with Crippen LogP contribution in [0.1, 0.15) is 18.9 Å². The van der Waals surface area contributed by atoms with Crippen LogP contribution in [-0.4, -0.2) is 50.3 Å². The van der Waals surface area contributed by atoms with Gasteiger partial charge in [-0.2, -0.15) is 0 Å². The van der Waals surface area contributed by atoms with E-state index >= 15 is 0 Å². The lowest BCUT2D eigenvalue weighted by molar-refractivity contribution is -0.272. The van der Waals surface area contributed by atoms with E-state index in [-0.39, 0.29) is 18.6 Å². The van der Waals surface area contributed by atoms with E-state index in [0.717, 1.165) is 5.56 Å². The molecule has 0 unspecified atom stereocenters. The van der Waals surface area contributed by atoms with Crippen molar-refractivity contribution in [2.45, 2.75) is 37.4 Å². The fraction of sp³-hybridized carbons (Fsp3) is 0.562. The SMILES string of the molecule is COC(=O)CN[C@H]1C[C@@H](O)[C@@](C)(c2ccccc2)O[C@H]1OC. The van der Waals surface area contributed by atoms with Crippen molar-refractivity contribution in [3.63, 3.8) is 0 Å². The third-order valence-corrected chi connectivity index (χ3v) is 4.12. The van der Waals surface area contributed by atoms with Gasteiger partial charge in [0.05, 0.1) is 25.8 Å². The van der Waals surface area contributed by atoms with Gasteiger partial charge in [0.2, 0.25) is 0 Å². The Morgan fingerprint density at radius 2 is 2.09 bits per heavy atom. The summed E-state index contributed by atoms with van der Waals surface area (Å²) in [6.07, 6.45) is -0.893. The number of benzene rings is 1. The molecule has 6 nitrogen and oxygen atoms in total. The van der Waals surface area contributed by atoms with E-state index in [1.807, 2.05) is 37.3 Å². The van der Waals surface area contributed by atoms with Gasteiger partial charge in [-0.25, -0.2) is 0 Å². The number of methoxy groups -OCH3 is 2. The third-order valence-electron chi connectivity index (χ3n) is 4.12. The first kappa shape index (κ1) is 16.9. The van der Waals surface area contributed by atoms with Crippen molar-refractivity contribution < 1.29 is 24.1 Å². The second-order valence-electron chi connectivity index (χ2n) is 5.51. The van der Waals surface area contributed by atoms with Crippen LogP contribution in [0.2, 0.25) is 0 Å². The molecule has 0 spiro atoms. The monoisotopic (exact) mass is 309 g/mol. The Morgan fingerprint density at radius 1 is 1.41 bits per heavy atom. The van der Waals surface area contributed by atoms with E-state index in [1.54, 1.807) is 7.11 Å². The van der Waals surface area contributed by atoms with E-state index in [2.05, 4.69) is 10.1 Å². The van der Waals surface area contributed by atoms with Crippen molar-refractivity contribution in [3.8, 4) is 0 Å². The first-order chi connectivity index (χ1) is 10.5. The zero-order chi connectivity index (χ0) is 16.2. The molecule has 0 radical (unpaired) electrons. The van der Waals surface area contributed by atoms with Crippen LogP contribution in [0.3, 0.4) is 0 Å². The Hall–Kier alpha value is -1.47. The number of aliphatic hydroxyl groups is 1. The maximum absolute atomic E-state index is 11.3. The standard InChI is InChI=1S/C16H23NO5/c1-16(11-7-5-4-6-8-11)13(18)9-12(15(21-3)22-16)17-10-14(19)20-2/h4-8,12-13,15,17-18H,9-10H2,1-3H3/t12-,13+,15+,16+/m0/s1. The average Bonchev–Trinajstić information content (AvgIpc) is 2.56. The van der Waals surface area contributed by atoms with Gasteiger partial charge >= 0.3 is 5.97 Å². The predicted octanol–water partition coefficient (Wildman–Crippen LogP) is 0.787.